The number of likely N-dealkylation sites (tertiary alicyclic amines) is 2. The van der Waals surface area contributed by atoms with Crippen LogP contribution in [-0.2, 0) is 7.05 Å². The molecular weight excluding hydrogens is 296 g/mol. The molecule has 1 unspecified atom stereocenters. The summed E-state index contributed by atoms with van der Waals surface area (Å²) in [5, 5.41) is 0. The van der Waals surface area contributed by atoms with E-state index in [-0.39, 0.29) is 0 Å². The largest absolute Gasteiger partial charge is 0.331 e. The number of para-hydroxylation sites is 2. The minimum absolute atomic E-state index is 0.615. The molecule has 1 atom stereocenters. The Morgan fingerprint density at radius 1 is 1.08 bits per heavy atom. The number of benzene rings is 1. The molecule has 2 aliphatic heterocycles. The predicted octanol–water partition coefficient (Wildman–Crippen LogP) is 3.24. The van der Waals surface area contributed by atoms with E-state index in [0.29, 0.717) is 5.92 Å². The monoisotopic (exact) mass is 326 g/mol. The third kappa shape index (κ3) is 2.98. The summed E-state index contributed by atoms with van der Waals surface area (Å²) < 4.78 is 2.31. The Morgan fingerprint density at radius 3 is 2.62 bits per heavy atom. The summed E-state index contributed by atoms with van der Waals surface area (Å²) in [6, 6.07) is 9.30. The van der Waals surface area contributed by atoms with Crippen LogP contribution in [0.15, 0.2) is 24.3 Å². The van der Waals surface area contributed by atoms with Gasteiger partial charge in [-0.1, -0.05) is 19.1 Å². The summed E-state index contributed by atoms with van der Waals surface area (Å²) in [5.41, 5.74) is 2.40. The quantitative estimate of drug-likeness (QED) is 0.862. The van der Waals surface area contributed by atoms with Crippen LogP contribution in [-0.4, -0.2) is 58.1 Å². The van der Waals surface area contributed by atoms with Crippen LogP contribution < -0.4 is 0 Å². The van der Waals surface area contributed by atoms with E-state index < -0.39 is 0 Å². The van der Waals surface area contributed by atoms with Crippen LogP contribution in [0.25, 0.3) is 11.0 Å². The van der Waals surface area contributed by atoms with Gasteiger partial charge in [-0.3, -0.25) is 4.90 Å². The third-order valence-corrected chi connectivity index (χ3v) is 6.15. The van der Waals surface area contributed by atoms with Crippen LogP contribution in [0.5, 0.6) is 0 Å². The smallest absolute Gasteiger partial charge is 0.112 e. The molecule has 2 aromatic rings. The lowest BCUT2D eigenvalue weighted by molar-refractivity contribution is 0.148. The Bertz CT molecular complexity index is 684. The van der Waals surface area contributed by atoms with E-state index >= 15 is 0 Å². The first-order valence-electron chi connectivity index (χ1n) is 9.64. The standard InChI is InChI=1S/C20H30N4/c1-3-24-12-6-7-17(24)15-23-13-10-16(11-14-23)20-21-18-8-4-5-9-19(18)22(20)2/h4-5,8-9,16-17H,3,6-7,10-15H2,1-2H3. The van der Waals surface area contributed by atoms with E-state index in [9.17, 15) is 0 Å². The molecule has 4 rings (SSSR count). The first-order valence-corrected chi connectivity index (χ1v) is 9.64. The molecular formula is C20H30N4. The fourth-order valence-electron chi connectivity index (χ4n) is 4.72. The highest BCUT2D eigenvalue weighted by Crippen LogP contribution is 2.30. The van der Waals surface area contributed by atoms with Crippen molar-refractivity contribution in [1.29, 1.82) is 0 Å². The molecule has 0 saturated carbocycles. The maximum absolute atomic E-state index is 4.93. The molecule has 130 valence electrons. The van der Waals surface area contributed by atoms with Gasteiger partial charge >= 0.3 is 0 Å². The fourth-order valence-corrected chi connectivity index (χ4v) is 4.72. The molecule has 0 aliphatic carbocycles. The second-order valence-corrected chi connectivity index (χ2v) is 7.52. The summed E-state index contributed by atoms with van der Waals surface area (Å²) in [4.78, 5) is 10.3. The number of aromatic nitrogens is 2. The fraction of sp³-hybridized carbons (Fsp3) is 0.650. The van der Waals surface area contributed by atoms with E-state index in [2.05, 4.69) is 52.6 Å². The van der Waals surface area contributed by atoms with Crippen molar-refractivity contribution in [2.45, 2.75) is 44.6 Å². The minimum atomic E-state index is 0.615. The Balaban J connectivity index is 1.39. The number of rotatable bonds is 4. The molecule has 1 aromatic heterocycles. The highest BCUT2D eigenvalue weighted by Gasteiger charge is 2.29. The molecule has 0 spiro atoms. The lowest BCUT2D eigenvalue weighted by Crippen LogP contribution is -2.43. The summed E-state index contributed by atoms with van der Waals surface area (Å²) in [6.45, 7) is 8.53. The maximum atomic E-state index is 4.93. The van der Waals surface area contributed by atoms with Crippen LogP contribution in [0.3, 0.4) is 0 Å². The van der Waals surface area contributed by atoms with Crippen molar-refractivity contribution in [3.63, 3.8) is 0 Å². The summed E-state index contributed by atoms with van der Waals surface area (Å²) >= 11 is 0. The molecule has 2 fully saturated rings. The average Bonchev–Trinajstić information content (AvgIpc) is 3.20. The van der Waals surface area contributed by atoms with Crippen molar-refractivity contribution in [3.05, 3.63) is 30.1 Å². The molecule has 2 saturated heterocycles. The third-order valence-electron chi connectivity index (χ3n) is 6.15. The topological polar surface area (TPSA) is 24.3 Å². The van der Waals surface area contributed by atoms with E-state index in [1.165, 1.54) is 69.7 Å². The van der Waals surface area contributed by atoms with Gasteiger partial charge in [0.1, 0.15) is 5.82 Å². The van der Waals surface area contributed by atoms with Gasteiger partial charge in [-0.15, -0.1) is 0 Å². The highest BCUT2D eigenvalue weighted by atomic mass is 15.2. The second kappa shape index (κ2) is 6.85. The number of fused-ring (bicyclic) bond motifs is 1. The van der Waals surface area contributed by atoms with Crippen molar-refractivity contribution in [2.24, 2.45) is 7.05 Å². The van der Waals surface area contributed by atoms with Gasteiger partial charge in [-0.05, 0) is 64.0 Å². The lowest BCUT2D eigenvalue weighted by Gasteiger charge is -2.35. The molecule has 4 nitrogen and oxygen atoms in total. The first-order chi connectivity index (χ1) is 11.8. The van der Waals surface area contributed by atoms with Gasteiger partial charge in [-0.25, -0.2) is 4.98 Å². The van der Waals surface area contributed by atoms with Gasteiger partial charge in [0, 0.05) is 25.6 Å². The van der Waals surface area contributed by atoms with Crippen LogP contribution in [0, 0.1) is 0 Å². The summed E-state index contributed by atoms with van der Waals surface area (Å²) in [7, 11) is 2.18. The van der Waals surface area contributed by atoms with Crippen molar-refractivity contribution < 1.29 is 0 Å². The Labute approximate surface area is 145 Å². The van der Waals surface area contributed by atoms with Crippen molar-refractivity contribution in [3.8, 4) is 0 Å². The molecule has 0 N–H and O–H groups in total. The van der Waals surface area contributed by atoms with E-state index in [1.807, 2.05) is 0 Å². The van der Waals surface area contributed by atoms with Gasteiger partial charge in [-0.2, -0.15) is 0 Å². The van der Waals surface area contributed by atoms with Gasteiger partial charge in [0.05, 0.1) is 11.0 Å². The molecule has 24 heavy (non-hydrogen) atoms. The molecule has 0 bridgehead atoms. The van der Waals surface area contributed by atoms with E-state index in [1.54, 1.807) is 0 Å². The maximum Gasteiger partial charge on any atom is 0.112 e. The normalized spacial score (nSPS) is 24.2. The number of hydrogen-bond donors (Lipinski definition) is 0. The van der Waals surface area contributed by atoms with Crippen LogP contribution in [0.2, 0.25) is 0 Å². The zero-order chi connectivity index (χ0) is 16.5. The summed E-state index contributed by atoms with van der Waals surface area (Å²) in [6.07, 6.45) is 5.26. The Hall–Kier alpha value is -1.39. The van der Waals surface area contributed by atoms with Gasteiger partial charge in [0.15, 0.2) is 0 Å². The molecule has 0 amide bonds. The predicted molar refractivity (Wildman–Crippen MR) is 99.4 cm³/mol. The Morgan fingerprint density at radius 2 is 1.88 bits per heavy atom. The van der Waals surface area contributed by atoms with Gasteiger partial charge in [0.2, 0.25) is 0 Å². The lowest BCUT2D eigenvalue weighted by atomic mass is 9.95. The Kier molecular flexibility index (Phi) is 4.59. The number of likely N-dealkylation sites (N-methyl/N-ethyl adjacent to an activating group) is 1. The van der Waals surface area contributed by atoms with Crippen molar-refractivity contribution in [1.82, 2.24) is 19.4 Å². The molecule has 3 heterocycles. The highest BCUT2D eigenvalue weighted by molar-refractivity contribution is 5.75. The van der Waals surface area contributed by atoms with E-state index in [0.717, 1.165) is 11.6 Å². The number of piperidine rings is 1. The number of aryl methyl sites for hydroxylation is 1. The van der Waals surface area contributed by atoms with Crippen LogP contribution in [0.1, 0.15) is 44.3 Å². The molecule has 4 heteroatoms. The van der Waals surface area contributed by atoms with Crippen molar-refractivity contribution >= 4 is 11.0 Å². The molecule has 1 aromatic carbocycles. The zero-order valence-corrected chi connectivity index (χ0v) is 15.1. The van der Waals surface area contributed by atoms with Gasteiger partial charge < -0.3 is 9.47 Å². The number of nitrogens with zero attached hydrogens (tertiary/aromatic N) is 4. The minimum Gasteiger partial charge on any atom is -0.331 e. The van der Waals surface area contributed by atoms with Crippen LogP contribution >= 0.6 is 0 Å². The first kappa shape index (κ1) is 16.1. The van der Waals surface area contributed by atoms with E-state index in [4.69, 9.17) is 4.98 Å². The van der Waals surface area contributed by atoms with Gasteiger partial charge in [0.25, 0.3) is 0 Å². The summed E-state index contributed by atoms with van der Waals surface area (Å²) in [5.74, 6) is 1.90. The number of imidazole rings is 1. The molecule has 0 radical (unpaired) electrons. The van der Waals surface area contributed by atoms with Crippen LogP contribution in [0.4, 0.5) is 0 Å². The number of hydrogen-bond acceptors (Lipinski definition) is 3. The molecule has 2 aliphatic rings. The average molecular weight is 326 g/mol. The second-order valence-electron chi connectivity index (χ2n) is 7.52. The SMILES string of the molecule is CCN1CCCC1CN1CCC(c2nc3ccccc3n2C)CC1. The van der Waals surface area contributed by atoms with Crippen molar-refractivity contribution in [2.75, 3.05) is 32.7 Å². The zero-order valence-electron chi connectivity index (χ0n) is 15.1.